The molecular weight excluding hydrogens is 1450 g/mol. The number of aryl methyl sites for hydroxylation is 12. The molecule has 8 aromatic carbocycles. The van der Waals surface area contributed by atoms with E-state index in [0.29, 0.717) is 17.8 Å². The molecule has 4 aliphatic rings. The minimum Gasteiger partial charge on any atom is -0.252 e. The minimum atomic E-state index is 0.691. The van der Waals surface area contributed by atoms with Gasteiger partial charge in [0, 0.05) is 44.3 Å². The molecule has 119 heavy (non-hydrogen) atoms. The van der Waals surface area contributed by atoms with E-state index in [1.54, 1.807) is 0 Å². The Balaban J connectivity index is 0.0000000984. The Morgan fingerprint density at radius 2 is 0.580 bits per heavy atom. The zero-order chi connectivity index (χ0) is 80.9. The number of aromatic nitrogens is 12. The monoisotopic (exact) mass is 1560 g/mol. The van der Waals surface area contributed by atoms with Crippen molar-refractivity contribution in [3.05, 3.63) is 261 Å². The highest BCUT2D eigenvalue weighted by Gasteiger charge is 2.33. The molecule has 20 aromatic rings. The van der Waals surface area contributed by atoms with Gasteiger partial charge in [-0.1, -0.05) is 143 Å². The summed E-state index contributed by atoms with van der Waals surface area (Å²) in [6.07, 6.45) is 25.7. The second kappa shape index (κ2) is 29.6. The van der Waals surface area contributed by atoms with Gasteiger partial charge < -0.3 is 0 Å². The summed E-state index contributed by atoms with van der Waals surface area (Å²) in [7, 11) is 8.78. The number of fused-ring (bicyclic) bond motifs is 32. The van der Waals surface area contributed by atoms with Crippen LogP contribution in [0.25, 0.3) is 154 Å². The first-order valence-corrected chi connectivity index (χ1v) is 44.5. The van der Waals surface area contributed by atoms with Crippen LogP contribution in [0.2, 0.25) is 0 Å². The van der Waals surface area contributed by atoms with Crippen molar-refractivity contribution in [3.63, 3.8) is 0 Å². The number of para-hydroxylation sites is 6. The molecule has 0 saturated heterocycles. The summed E-state index contributed by atoms with van der Waals surface area (Å²) in [6.45, 7) is 17.3. The highest BCUT2D eigenvalue weighted by Crippen LogP contribution is 2.44. The topological polar surface area (TPSA) is 85.5 Å². The van der Waals surface area contributed by atoms with Gasteiger partial charge in [0.15, 0.2) is 44.1 Å². The zero-order valence-electron chi connectivity index (χ0n) is 71.6. The summed E-state index contributed by atoms with van der Waals surface area (Å²) in [5.74, 6) is 2.81. The molecule has 0 N–H and O–H groups in total. The third-order valence-electron chi connectivity index (χ3n) is 28.5. The van der Waals surface area contributed by atoms with Crippen molar-refractivity contribution in [1.82, 2.24) is 37.7 Å². The molecule has 4 fully saturated rings. The fourth-order valence-electron chi connectivity index (χ4n) is 22.9. The summed E-state index contributed by atoms with van der Waals surface area (Å²) < 4.78 is 19.2. The molecule has 12 heteroatoms. The summed E-state index contributed by atoms with van der Waals surface area (Å²) in [5.41, 5.74) is 40.2. The van der Waals surface area contributed by atoms with E-state index >= 15 is 0 Å². The number of nitrogens with zero attached hydrogens (tertiary/aromatic N) is 12. The van der Waals surface area contributed by atoms with E-state index < -0.39 is 0 Å². The van der Waals surface area contributed by atoms with Crippen LogP contribution in [0.3, 0.4) is 0 Å². The van der Waals surface area contributed by atoms with E-state index in [2.05, 4.69) is 314 Å². The molecule has 0 radical (unpaired) electrons. The van der Waals surface area contributed by atoms with Gasteiger partial charge in [-0.25, -0.2) is 18.3 Å². The minimum absolute atomic E-state index is 0.691. The van der Waals surface area contributed by atoms with Gasteiger partial charge in [-0.05, 0) is 296 Å². The van der Waals surface area contributed by atoms with Gasteiger partial charge in [0.2, 0.25) is 0 Å². The van der Waals surface area contributed by atoms with Gasteiger partial charge in [-0.15, -0.1) is 0 Å². The number of rotatable bonds is 4. The predicted octanol–water partition coefficient (Wildman–Crippen LogP) is 24.7. The fraction of sp³-hybridized carbons (Fsp3) is 0.327. The first-order chi connectivity index (χ1) is 58.0. The lowest BCUT2D eigenvalue weighted by Gasteiger charge is -2.22. The summed E-state index contributed by atoms with van der Waals surface area (Å²) in [4.78, 5) is 20.1. The Kier molecular flexibility index (Phi) is 18.6. The molecule has 12 nitrogen and oxygen atoms in total. The third kappa shape index (κ3) is 12.2. The lowest BCUT2D eigenvalue weighted by molar-refractivity contribution is -0.617. The highest BCUT2D eigenvalue weighted by molar-refractivity contribution is 6.15. The van der Waals surface area contributed by atoms with Crippen molar-refractivity contribution < 1.29 is 18.1 Å². The number of imidazole rings is 4. The van der Waals surface area contributed by atoms with Gasteiger partial charge in [-0.3, -0.25) is 19.9 Å². The number of pyridine rings is 8. The van der Waals surface area contributed by atoms with E-state index in [4.69, 9.17) is 19.9 Å². The van der Waals surface area contributed by atoms with Gasteiger partial charge >= 0.3 is 0 Å². The van der Waals surface area contributed by atoms with Crippen LogP contribution in [-0.4, -0.2) is 37.7 Å². The highest BCUT2D eigenvalue weighted by atomic mass is 15.1. The van der Waals surface area contributed by atoms with Crippen LogP contribution in [0.1, 0.15) is 213 Å². The van der Waals surface area contributed by atoms with Crippen LogP contribution in [0.15, 0.2) is 194 Å². The normalized spacial score (nSPS) is 15.6. The number of hydrogen-bond acceptors (Lipinski definition) is 4. The molecular formula is C107H110N12+4. The standard InChI is InChI=1S/3C27H28N3.C26H26N3/c1-17-15-18(2)28-26-21-16-20(19-9-5-4-6-10-19)13-14-22(21)30-24-12-8-7-11-23(24)29(3)27(30)25(17)26;1-17-15-18(2)28-26-21-14-13-20(19-9-5-4-6-10-19)16-24(21)30-23-12-8-7-11-22(23)29(3)27(30)25(17)26;1-17-15-18(2)28-26-21-11-7-8-12-22(21)30-24-16-20(19-9-5-4-6-10-19)13-14-23(24)29(3)27(30)25(17)26;1-16-14-17(2)27-25-20-10-6-7-11-21(20)29-22-13-12-19(18-8-4-5-9-18)15-23(22)28(3)26(29)24(16)25/h3*7-8,11-16,19H,4-6,9-10H2,1-3H3;6-7,10-15,18H,4-5,8-9H2,1-3H3/q4*+1. The summed E-state index contributed by atoms with van der Waals surface area (Å²) in [5, 5.41) is 10.0. The van der Waals surface area contributed by atoms with Crippen molar-refractivity contribution in [2.75, 3.05) is 0 Å². The summed E-state index contributed by atoms with van der Waals surface area (Å²) in [6, 6.07) is 72.4. The van der Waals surface area contributed by atoms with E-state index in [1.165, 1.54) is 298 Å². The maximum absolute atomic E-state index is 5.09. The molecule has 0 atom stereocenters. The lowest BCUT2D eigenvalue weighted by atomic mass is 9.83. The molecule has 0 unspecified atom stereocenters. The van der Waals surface area contributed by atoms with Gasteiger partial charge in [0.05, 0.1) is 71.8 Å². The van der Waals surface area contributed by atoms with E-state index in [9.17, 15) is 0 Å². The molecule has 12 aromatic heterocycles. The number of benzene rings is 8. The van der Waals surface area contributed by atoms with Crippen LogP contribution in [0.4, 0.5) is 0 Å². The van der Waals surface area contributed by atoms with Crippen molar-refractivity contribution in [1.29, 1.82) is 0 Å². The first kappa shape index (κ1) is 74.8. The molecule has 4 aliphatic carbocycles. The maximum Gasteiger partial charge on any atom is 0.297 e. The van der Waals surface area contributed by atoms with Crippen LogP contribution >= 0.6 is 0 Å². The molecule has 0 aliphatic heterocycles. The van der Waals surface area contributed by atoms with Crippen molar-refractivity contribution in [2.24, 2.45) is 28.2 Å². The van der Waals surface area contributed by atoms with Crippen molar-refractivity contribution >= 4 is 154 Å². The smallest absolute Gasteiger partial charge is 0.252 e. The molecule has 0 spiro atoms. The molecule has 24 rings (SSSR count). The zero-order valence-corrected chi connectivity index (χ0v) is 71.6. The largest absolute Gasteiger partial charge is 0.297 e. The van der Waals surface area contributed by atoms with Gasteiger partial charge in [0.25, 0.3) is 22.6 Å². The SMILES string of the molecule is Cc1cc(C)c2c(n1)c1cc(C3CCCCC3)ccc1n1c3ccccc3[n+](C)c21.Cc1cc(C)c2c(n1)c1ccc(C3CCCCC3)cc1n1c3ccccc3[n+](C)c21.Cc1cc(C)c2c(n1)c1ccccc1[n+]1c3ccc(C4CCCC4)cc3n(C)c21.Cc1cc(C)c2c(n1)c1ccccc1n1c3cc(C4CCCCC4)ccc3[n+](C)c21. The molecule has 4 saturated carbocycles. The van der Waals surface area contributed by atoms with Crippen LogP contribution in [0.5, 0.6) is 0 Å². The van der Waals surface area contributed by atoms with Gasteiger partial charge in [0.1, 0.15) is 22.1 Å². The van der Waals surface area contributed by atoms with Gasteiger partial charge in [-0.2, -0.15) is 17.6 Å². The van der Waals surface area contributed by atoms with E-state index in [-0.39, 0.29) is 0 Å². The second-order valence-corrected chi connectivity index (χ2v) is 36.1. The Labute approximate surface area is 696 Å². The second-order valence-electron chi connectivity index (χ2n) is 36.1. The van der Waals surface area contributed by atoms with Crippen molar-refractivity contribution in [2.45, 2.75) is 201 Å². The molecule has 594 valence electrons. The third-order valence-corrected chi connectivity index (χ3v) is 28.5. The molecule has 0 bridgehead atoms. The molecule has 12 heterocycles. The first-order valence-electron chi connectivity index (χ1n) is 44.5. The Hall–Kier alpha value is -11.8. The van der Waals surface area contributed by atoms with Crippen molar-refractivity contribution in [3.8, 4) is 0 Å². The van der Waals surface area contributed by atoms with Crippen LogP contribution in [-0.2, 0) is 28.2 Å². The van der Waals surface area contributed by atoms with Crippen LogP contribution < -0.4 is 18.1 Å². The fourth-order valence-corrected chi connectivity index (χ4v) is 22.9. The van der Waals surface area contributed by atoms with Crippen LogP contribution in [0, 0.1) is 55.4 Å². The lowest BCUT2D eigenvalue weighted by Crippen LogP contribution is -2.27. The Morgan fingerprint density at radius 1 is 0.261 bits per heavy atom. The number of hydrogen-bond donors (Lipinski definition) is 0. The average molecular weight is 1560 g/mol. The molecule has 0 amide bonds. The quantitative estimate of drug-likeness (QED) is 0.130. The Bertz CT molecular complexity index is 7570. The average Bonchev–Trinajstić information content (AvgIpc) is 1.60. The van der Waals surface area contributed by atoms with E-state index in [0.717, 1.165) is 50.8 Å². The van der Waals surface area contributed by atoms with E-state index in [1.807, 2.05) is 0 Å². The summed E-state index contributed by atoms with van der Waals surface area (Å²) >= 11 is 0. The predicted molar refractivity (Wildman–Crippen MR) is 492 cm³/mol. The maximum atomic E-state index is 5.09. The Morgan fingerprint density at radius 3 is 1.07 bits per heavy atom.